The van der Waals surface area contributed by atoms with Gasteiger partial charge in [0.15, 0.2) is 5.96 Å². The molecule has 27 heavy (non-hydrogen) atoms. The molecule has 1 aliphatic rings. The van der Waals surface area contributed by atoms with E-state index in [0.717, 1.165) is 63.9 Å². The van der Waals surface area contributed by atoms with Crippen molar-refractivity contribution in [2.24, 2.45) is 18.0 Å². The van der Waals surface area contributed by atoms with Gasteiger partial charge in [0.25, 0.3) is 0 Å². The summed E-state index contributed by atoms with van der Waals surface area (Å²) in [5, 5.41) is 11.3. The lowest BCUT2D eigenvalue weighted by molar-refractivity contribution is 0.0888. The summed E-state index contributed by atoms with van der Waals surface area (Å²) in [5.74, 6) is 1.42. The molecule has 0 saturated carbocycles. The van der Waals surface area contributed by atoms with Crippen LogP contribution in [0.25, 0.3) is 0 Å². The number of nitrogens with one attached hydrogen (secondary N) is 2. The molecule has 0 spiro atoms. The van der Waals surface area contributed by atoms with Crippen molar-refractivity contribution in [3.63, 3.8) is 0 Å². The molecule has 1 saturated heterocycles. The number of rotatable bonds is 9. The number of ether oxygens (including phenoxy) is 2. The van der Waals surface area contributed by atoms with E-state index in [-0.39, 0.29) is 30.0 Å². The van der Waals surface area contributed by atoms with E-state index in [9.17, 15) is 0 Å². The first-order chi connectivity index (χ1) is 12.5. The van der Waals surface area contributed by atoms with Crippen molar-refractivity contribution in [3.8, 4) is 0 Å². The Balaban J connectivity index is 0.00000364. The van der Waals surface area contributed by atoms with E-state index < -0.39 is 0 Å². The number of guanidine groups is 1. The Bertz CT molecular complexity index is 585. The first-order valence-corrected chi connectivity index (χ1v) is 9.63. The molecule has 2 heterocycles. The van der Waals surface area contributed by atoms with Gasteiger partial charge in [0, 0.05) is 51.5 Å². The largest absolute Gasteiger partial charge is 0.381 e. The van der Waals surface area contributed by atoms with Crippen LogP contribution in [0.1, 0.15) is 36.7 Å². The Hall–Kier alpha value is -0.870. The lowest BCUT2D eigenvalue weighted by atomic mass is 10.1. The van der Waals surface area contributed by atoms with E-state index in [4.69, 9.17) is 9.47 Å². The van der Waals surface area contributed by atoms with Crippen LogP contribution in [-0.2, 0) is 22.9 Å². The van der Waals surface area contributed by atoms with Crippen LogP contribution in [0.5, 0.6) is 0 Å². The average molecular weight is 493 g/mol. The van der Waals surface area contributed by atoms with Gasteiger partial charge < -0.3 is 20.1 Å². The first-order valence-electron chi connectivity index (χ1n) is 9.63. The van der Waals surface area contributed by atoms with Gasteiger partial charge >= 0.3 is 0 Å². The van der Waals surface area contributed by atoms with E-state index in [1.165, 1.54) is 11.3 Å². The van der Waals surface area contributed by atoms with E-state index in [0.29, 0.717) is 5.92 Å². The van der Waals surface area contributed by atoms with Crippen molar-refractivity contribution in [2.45, 2.75) is 46.1 Å². The molecule has 2 rings (SSSR count). The van der Waals surface area contributed by atoms with Gasteiger partial charge in [-0.2, -0.15) is 5.10 Å². The van der Waals surface area contributed by atoms with Gasteiger partial charge in [-0.15, -0.1) is 24.0 Å². The molecule has 156 valence electrons. The number of aryl methyl sites for hydroxylation is 2. The standard InChI is InChI=1S/C19H35N5O2.HI/c1-14(11-18-15(2)23-24(5)16(18)3)22-19(20-4)21-8-6-9-25-12-17-7-10-26-13-17;/h14,17H,6-13H2,1-5H3,(H2,20,21,22);1H. The van der Waals surface area contributed by atoms with Gasteiger partial charge in [-0.1, -0.05) is 0 Å². The molecule has 8 heteroatoms. The Labute approximate surface area is 180 Å². The monoisotopic (exact) mass is 493 g/mol. The number of nitrogens with zero attached hydrogens (tertiary/aromatic N) is 3. The van der Waals surface area contributed by atoms with Gasteiger partial charge in [0.2, 0.25) is 0 Å². The molecule has 1 aromatic heterocycles. The highest BCUT2D eigenvalue weighted by molar-refractivity contribution is 14.0. The molecular weight excluding hydrogens is 457 g/mol. The maximum absolute atomic E-state index is 5.73. The zero-order valence-corrected chi connectivity index (χ0v) is 19.7. The maximum Gasteiger partial charge on any atom is 0.191 e. The minimum Gasteiger partial charge on any atom is -0.381 e. The molecule has 7 nitrogen and oxygen atoms in total. The number of aromatic nitrogens is 2. The summed E-state index contributed by atoms with van der Waals surface area (Å²) in [4.78, 5) is 4.32. The summed E-state index contributed by atoms with van der Waals surface area (Å²) in [6, 6.07) is 0.279. The predicted molar refractivity (Wildman–Crippen MR) is 120 cm³/mol. The Morgan fingerprint density at radius 3 is 2.81 bits per heavy atom. The van der Waals surface area contributed by atoms with Crippen molar-refractivity contribution in [2.75, 3.05) is 40.0 Å². The van der Waals surface area contributed by atoms with E-state index in [1.54, 1.807) is 7.05 Å². The van der Waals surface area contributed by atoms with Crippen LogP contribution in [0.4, 0.5) is 0 Å². The highest BCUT2D eigenvalue weighted by Gasteiger charge is 2.15. The molecule has 0 aliphatic carbocycles. The highest BCUT2D eigenvalue weighted by Crippen LogP contribution is 2.14. The second-order valence-corrected chi connectivity index (χ2v) is 7.18. The van der Waals surface area contributed by atoms with E-state index in [2.05, 4.69) is 41.5 Å². The summed E-state index contributed by atoms with van der Waals surface area (Å²) in [5.41, 5.74) is 3.64. The lowest BCUT2D eigenvalue weighted by Gasteiger charge is -2.18. The molecule has 0 bridgehead atoms. The number of hydrogen-bond donors (Lipinski definition) is 2. The third-order valence-electron chi connectivity index (χ3n) is 4.91. The van der Waals surface area contributed by atoms with Crippen LogP contribution >= 0.6 is 24.0 Å². The summed E-state index contributed by atoms with van der Waals surface area (Å²) in [6.45, 7) is 10.5. The van der Waals surface area contributed by atoms with Crippen LogP contribution in [0, 0.1) is 19.8 Å². The SMILES string of the molecule is CN=C(NCCCOCC1CCOC1)NC(C)Cc1c(C)nn(C)c1C.I. The molecule has 2 N–H and O–H groups in total. The molecule has 0 aromatic carbocycles. The topological polar surface area (TPSA) is 72.7 Å². The maximum atomic E-state index is 5.73. The molecule has 1 aromatic rings. The van der Waals surface area contributed by atoms with Crippen molar-refractivity contribution in [1.82, 2.24) is 20.4 Å². The third-order valence-corrected chi connectivity index (χ3v) is 4.91. The van der Waals surface area contributed by atoms with E-state index in [1.807, 2.05) is 11.7 Å². The van der Waals surface area contributed by atoms with Crippen molar-refractivity contribution in [1.29, 1.82) is 0 Å². The normalized spacial score (nSPS) is 18.3. The lowest BCUT2D eigenvalue weighted by Crippen LogP contribution is -2.43. The molecule has 0 radical (unpaired) electrons. The van der Waals surface area contributed by atoms with Crippen LogP contribution in [-0.4, -0.2) is 61.8 Å². The summed E-state index contributed by atoms with van der Waals surface area (Å²) in [7, 11) is 3.80. The van der Waals surface area contributed by atoms with Crippen LogP contribution in [0.3, 0.4) is 0 Å². The quantitative estimate of drug-likeness (QED) is 0.239. The fourth-order valence-corrected chi connectivity index (χ4v) is 3.24. The Kier molecular flexibility index (Phi) is 11.2. The second-order valence-electron chi connectivity index (χ2n) is 7.18. The number of aliphatic imine (C=N–C) groups is 1. The minimum atomic E-state index is 0. The second kappa shape index (κ2) is 12.6. The van der Waals surface area contributed by atoms with Crippen molar-refractivity contribution < 1.29 is 9.47 Å². The zero-order chi connectivity index (χ0) is 18.9. The molecule has 2 atom stereocenters. The fourth-order valence-electron chi connectivity index (χ4n) is 3.24. The molecule has 1 aliphatic heterocycles. The average Bonchev–Trinajstić information content (AvgIpc) is 3.21. The van der Waals surface area contributed by atoms with Gasteiger partial charge in [-0.25, -0.2) is 0 Å². The zero-order valence-electron chi connectivity index (χ0n) is 17.4. The fraction of sp³-hybridized carbons (Fsp3) is 0.789. The molecule has 0 amide bonds. The van der Waals surface area contributed by atoms with Crippen LogP contribution in [0.15, 0.2) is 4.99 Å². The molecule has 1 fully saturated rings. The molecular formula is C19H36IN5O2. The summed E-state index contributed by atoms with van der Waals surface area (Å²) < 4.78 is 13.0. The number of halogens is 1. The van der Waals surface area contributed by atoms with Crippen molar-refractivity contribution in [3.05, 3.63) is 17.0 Å². The summed E-state index contributed by atoms with van der Waals surface area (Å²) >= 11 is 0. The highest BCUT2D eigenvalue weighted by atomic mass is 127. The smallest absolute Gasteiger partial charge is 0.191 e. The van der Waals surface area contributed by atoms with Gasteiger partial charge in [-0.3, -0.25) is 9.67 Å². The van der Waals surface area contributed by atoms with E-state index >= 15 is 0 Å². The Morgan fingerprint density at radius 1 is 1.44 bits per heavy atom. The van der Waals surface area contributed by atoms with Gasteiger partial charge in [-0.05, 0) is 45.6 Å². The molecule has 2 unspecified atom stereocenters. The van der Waals surface area contributed by atoms with Crippen molar-refractivity contribution >= 4 is 29.9 Å². The Morgan fingerprint density at radius 2 is 2.22 bits per heavy atom. The first kappa shape index (κ1) is 24.2. The van der Waals surface area contributed by atoms with Crippen LogP contribution < -0.4 is 10.6 Å². The number of hydrogen-bond acceptors (Lipinski definition) is 4. The van der Waals surface area contributed by atoms with Gasteiger partial charge in [0.05, 0.1) is 18.9 Å². The third kappa shape index (κ3) is 7.95. The minimum absolute atomic E-state index is 0. The van der Waals surface area contributed by atoms with Crippen LogP contribution in [0.2, 0.25) is 0 Å². The predicted octanol–water partition coefficient (Wildman–Crippen LogP) is 2.19. The van der Waals surface area contributed by atoms with Gasteiger partial charge in [0.1, 0.15) is 0 Å². The summed E-state index contributed by atoms with van der Waals surface area (Å²) in [6.07, 6.45) is 3.02.